The van der Waals surface area contributed by atoms with Crippen molar-refractivity contribution in [1.29, 1.82) is 0 Å². The second kappa shape index (κ2) is 9.13. The van der Waals surface area contributed by atoms with Gasteiger partial charge >= 0.3 is 5.97 Å². The molecule has 1 aromatic carbocycles. The van der Waals surface area contributed by atoms with E-state index in [4.69, 9.17) is 9.47 Å². The van der Waals surface area contributed by atoms with Crippen molar-refractivity contribution in [2.75, 3.05) is 14.2 Å². The number of amides is 1. The number of methoxy groups -OCH3 is 2. The Bertz CT molecular complexity index is 447. The Hall–Kier alpha value is -1.88. The Labute approximate surface area is 125 Å². The fourth-order valence-corrected chi connectivity index (χ4v) is 2.07. The van der Waals surface area contributed by atoms with Crippen LogP contribution in [0.1, 0.15) is 37.9 Å². The maximum absolute atomic E-state index is 12.3. The van der Waals surface area contributed by atoms with E-state index in [0.717, 1.165) is 18.4 Å². The predicted octanol–water partition coefficient (Wildman–Crippen LogP) is 2.22. The van der Waals surface area contributed by atoms with Gasteiger partial charge in [0.05, 0.1) is 7.11 Å². The number of nitrogens with one attached hydrogen (secondary N) is 1. The smallest absolute Gasteiger partial charge is 0.328 e. The average Bonchev–Trinajstić information content (AvgIpc) is 2.52. The maximum Gasteiger partial charge on any atom is 0.328 e. The summed E-state index contributed by atoms with van der Waals surface area (Å²) in [6.07, 6.45) is 1.60. The van der Waals surface area contributed by atoms with E-state index in [-0.39, 0.29) is 5.91 Å². The summed E-state index contributed by atoms with van der Waals surface area (Å²) in [7, 11) is 2.79. The number of esters is 1. The fraction of sp³-hybridized carbons (Fsp3) is 0.500. The van der Waals surface area contributed by atoms with Gasteiger partial charge in [-0.1, -0.05) is 50.1 Å². The molecule has 0 spiro atoms. The second-order valence-corrected chi connectivity index (χ2v) is 4.75. The van der Waals surface area contributed by atoms with Gasteiger partial charge < -0.3 is 14.8 Å². The highest BCUT2D eigenvalue weighted by atomic mass is 16.5. The van der Waals surface area contributed by atoms with E-state index in [1.807, 2.05) is 37.3 Å². The van der Waals surface area contributed by atoms with Crippen LogP contribution in [0.5, 0.6) is 0 Å². The summed E-state index contributed by atoms with van der Waals surface area (Å²) in [6.45, 7) is 2.03. The van der Waals surface area contributed by atoms with Gasteiger partial charge in [0.1, 0.15) is 6.04 Å². The second-order valence-electron chi connectivity index (χ2n) is 4.75. The highest BCUT2D eigenvalue weighted by Crippen LogP contribution is 2.17. The van der Waals surface area contributed by atoms with Crippen LogP contribution in [0.3, 0.4) is 0 Å². The minimum absolute atomic E-state index is 0.338. The summed E-state index contributed by atoms with van der Waals surface area (Å²) in [4.78, 5) is 24.0. The van der Waals surface area contributed by atoms with Crippen molar-refractivity contribution in [2.24, 2.45) is 0 Å². The van der Waals surface area contributed by atoms with Gasteiger partial charge in [-0.05, 0) is 12.0 Å². The van der Waals surface area contributed by atoms with Crippen molar-refractivity contribution in [2.45, 2.75) is 38.3 Å². The van der Waals surface area contributed by atoms with Crippen LogP contribution < -0.4 is 5.32 Å². The first-order chi connectivity index (χ1) is 10.1. The Morgan fingerprint density at radius 2 is 1.86 bits per heavy atom. The zero-order valence-electron chi connectivity index (χ0n) is 12.8. The topological polar surface area (TPSA) is 64.6 Å². The van der Waals surface area contributed by atoms with E-state index in [1.165, 1.54) is 14.2 Å². The molecule has 116 valence electrons. The molecule has 0 bridgehead atoms. The molecule has 0 radical (unpaired) electrons. The third-order valence-electron chi connectivity index (χ3n) is 3.22. The molecule has 21 heavy (non-hydrogen) atoms. The van der Waals surface area contributed by atoms with Crippen LogP contribution in [0, 0.1) is 0 Å². The highest BCUT2D eigenvalue weighted by Gasteiger charge is 2.26. The number of unbranched alkanes of at least 4 members (excludes halogenated alkanes) is 1. The maximum atomic E-state index is 12.3. The minimum atomic E-state index is -0.736. The molecule has 0 saturated heterocycles. The zero-order valence-corrected chi connectivity index (χ0v) is 12.8. The molecule has 0 heterocycles. The summed E-state index contributed by atoms with van der Waals surface area (Å²) >= 11 is 0. The van der Waals surface area contributed by atoms with Gasteiger partial charge in [0.15, 0.2) is 6.10 Å². The molecule has 0 aliphatic rings. The molecular formula is C16H23NO4. The zero-order chi connectivity index (χ0) is 15.7. The summed E-state index contributed by atoms with van der Waals surface area (Å²) < 4.78 is 9.99. The van der Waals surface area contributed by atoms with Gasteiger partial charge in [-0.15, -0.1) is 0 Å². The van der Waals surface area contributed by atoms with Crippen molar-refractivity contribution in [3.05, 3.63) is 35.9 Å². The molecule has 5 heteroatoms. The van der Waals surface area contributed by atoms with Gasteiger partial charge in [-0.3, -0.25) is 4.79 Å². The SMILES string of the molecule is CCCC[C@@H](NC(=O)[C@@H](OC)c1ccccc1)C(=O)OC. The lowest BCUT2D eigenvalue weighted by molar-refractivity contribution is -0.147. The number of hydrogen-bond donors (Lipinski definition) is 1. The van der Waals surface area contributed by atoms with Gasteiger partial charge in [-0.25, -0.2) is 4.79 Å². The van der Waals surface area contributed by atoms with E-state index in [1.54, 1.807) is 0 Å². The molecule has 1 amide bonds. The monoisotopic (exact) mass is 293 g/mol. The number of ether oxygens (including phenoxy) is 2. The molecule has 5 nitrogen and oxygen atoms in total. The Morgan fingerprint density at radius 3 is 2.38 bits per heavy atom. The molecule has 1 N–H and O–H groups in total. The van der Waals surface area contributed by atoms with Crippen LogP contribution in [-0.4, -0.2) is 32.1 Å². The first-order valence-electron chi connectivity index (χ1n) is 7.10. The van der Waals surface area contributed by atoms with Crippen molar-refractivity contribution >= 4 is 11.9 Å². The lowest BCUT2D eigenvalue weighted by Gasteiger charge is -2.20. The molecule has 0 aromatic heterocycles. The lowest BCUT2D eigenvalue weighted by atomic mass is 10.1. The quantitative estimate of drug-likeness (QED) is 0.746. The third-order valence-corrected chi connectivity index (χ3v) is 3.22. The number of carbonyl (C=O) groups is 2. The Balaban J connectivity index is 2.76. The van der Waals surface area contributed by atoms with Crippen LogP contribution in [0.2, 0.25) is 0 Å². The number of benzene rings is 1. The summed E-state index contributed by atoms with van der Waals surface area (Å²) in [5.41, 5.74) is 0.747. The molecule has 2 atom stereocenters. The van der Waals surface area contributed by atoms with Crippen molar-refractivity contribution in [1.82, 2.24) is 5.32 Å². The van der Waals surface area contributed by atoms with Crippen molar-refractivity contribution < 1.29 is 19.1 Å². The van der Waals surface area contributed by atoms with Crippen LogP contribution in [0.15, 0.2) is 30.3 Å². The van der Waals surface area contributed by atoms with Gasteiger partial charge in [-0.2, -0.15) is 0 Å². The van der Waals surface area contributed by atoms with Crippen LogP contribution >= 0.6 is 0 Å². The van der Waals surface area contributed by atoms with E-state index in [2.05, 4.69) is 5.32 Å². The first kappa shape index (κ1) is 17.2. The normalized spacial score (nSPS) is 13.3. The van der Waals surface area contributed by atoms with E-state index >= 15 is 0 Å². The van der Waals surface area contributed by atoms with Gasteiger partial charge in [0.2, 0.25) is 0 Å². The number of rotatable bonds is 8. The molecule has 0 fully saturated rings. The summed E-state index contributed by atoms with van der Waals surface area (Å²) in [6, 6.07) is 8.53. The van der Waals surface area contributed by atoms with Gasteiger partial charge in [0.25, 0.3) is 5.91 Å². The minimum Gasteiger partial charge on any atom is -0.467 e. The van der Waals surface area contributed by atoms with Crippen LogP contribution in [0.4, 0.5) is 0 Å². The largest absolute Gasteiger partial charge is 0.467 e. The Morgan fingerprint density at radius 1 is 1.19 bits per heavy atom. The highest BCUT2D eigenvalue weighted by molar-refractivity contribution is 5.87. The van der Waals surface area contributed by atoms with Crippen LogP contribution in [0.25, 0.3) is 0 Å². The molecule has 0 saturated carbocycles. The third kappa shape index (κ3) is 5.19. The van der Waals surface area contributed by atoms with E-state index < -0.39 is 18.1 Å². The molecule has 0 aliphatic heterocycles. The average molecular weight is 293 g/mol. The molecule has 1 aromatic rings. The van der Waals surface area contributed by atoms with Crippen molar-refractivity contribution in [3.8, 4) is 0 Å². The fourth-order valence-electron chi connectivity index (χ4n) is 2.07. The first-order valence-corrected chi connectivity index (χ1v) is 7.10. The van der Waals surface area contributed by atoms with E-state index in [0.29, 0.717) is 6.42 Å². The van der Waals surface area contributed by atoms with Crippen LogP contribution in [-0.2, 0) is 19.1 Å². The summed E-state index contributed by atoms with van der Waals surface area (Å²) in [5.74, 6) is -0.769. The number of carbonyl (C=O) groups excluding carboxylic acids is 2. The molecule has 0 unspecified atom stereocenters. The molecular weight excluding hydrogens is 270 g/mol. The van der Waals surface area contributed by atoms with Crippen molar-refractivity contribution in [3.63, 3.8) is 0 Å². The lowest BCUT2D eigenvalue weighted by Crippen LogP contribution is -2.44. The van der Waals surface area contributed by atoms with Gasteiger partial charge in [0, 0.05) is 7.11 Å². The predicted molar refractivity (Wildman–Crippen MR) is 79.7 cm³/mol. The van der Waals surface area contributed by atoms with E-state index in [9.17, 15) is 9.59 Å². The molecule has 0 aliphatic carbocycles. The standard InChI is InChI=1S/C16H23NO4/c1-4-5-11-13(16(19)21-3)17-15(18)14(20-2)12-9-7-6-8-10-12/h6-10,13-14H,4-5,11H2,1-3H3,(H,17,18)/t13-,14+/m1/s1. The molecule has 1 rings (SSSR count). The summed E-state index contributed by atoms with van der Waals surface area (Å²) in [5, 5.41) is 2.71. The Kier molecular flexibility index (Phi) is 7.46. The number of hydrogen-bond acceptors (Lipinski definition) is 4.